The van der Waals surface area contributed by atoms with Gasteiger partial charge >= 0.3 is 0 Å². The third kappa shape index (κ3) is 4.92. The summed E-state index contributed by atoms with van der Waals surface area (Å²) in [7, 11) is 0. The van der Waals surface area contributed by atoms with Crippen LogP contribution in [0.5, 0.6) is 0 Å². The molecule has 0 atom stereocenters. The lowest BCUT2D eigenvalue weighted by atomic mass is 9.85. The van der Waals surface area contributed by atoms with Gasteiger partial charge < -0.3 is 9.64 Å². The minimum atomic E-state index is -0.476. The molecule has 1 heterocycles. The average molecular weight is 303 g/mol. The number of ether oxygens (including phenoxy) is 1. The normalized spacial score (nSPS) is 16.7. The molecule has 1 aromatic carbocycles. The maximum absolute atomic E-state index is 12.6. The number of nitrogens with zero attached hydrogens (tertiary/aromatic N) is 1. The molecule has 0 saturated carbocycles. The molecule has 0 aromatic heterocycles. The maximum Gasteiger partial charge on any atom is 0.170 e. The van der Waals surface area contributed by atoms with Crippen LogP contribution in [0, 0.1) is 12.3 Å². The van der Waals surface area contributed by atoms with Crippen LogP contribution in [0.2, 0.25) is 0 Å². The van der Waals surface area contributed by atoms with Gasteiger partial charge in [-0.05, 0) is 38.9 Å². The monoisotopic (exact) mass is 303 g/mol. The van der Waals surface area contributed by atoms with Crippen LogP contribution in [0.25, 0.3) is 0 Å². The van der Waals surface area contributed by atoms with E-state index in [2.05, 4.69) is 4.90 Å². The zero-order chi connectivity index (χ0) is 16.0. The van der Waals surface area contributed by atoms with Crippen molar-refractivity contribution in [1.29, 1.82) is 0 Å². The standard InChI is InChI=1S/C19H29NO2/c1-16-8-7-9-17(14-16)18(21)19(2,3)15-22-13-12-20-10-5-4-6-11-20/h7-9,14H,4-6,10-13,15H2,1-3H3. The van der Waals surface area contributed by atoms with Crippen molar-refractivity contribution in [3.05, 3.63) is 35.4 Å². The van der Waals surface area contributed by atoms with Crippen molar-refractivity contribution in [3.63, 3.8) is 0 Å². The second-order valence-corrected chi connectivity index (χ2v) is 7.04. The highest BCUT2D eigenvalue weighted by Crippen LogP contribution is 2.23. The van der Waals surface area contributed by atoms with Gasteiger partial charge in [-0.2, -0.15) is 0 Å². The summed E-state index contributed by atoms with van der Waals surface area (Å²) >= 11 is 0. The van der Waals surface area contributed by atoms with E-state index in [-0.39, 0.29) is 5.78 Å². The Balaban J connectivity index is 1.78. The summed E-state index contributed by atoms with van der Waals surface area (Å²) in [6.45, 7) is 10.5. The minimum Gasteiger partial charge on any atom is -0.379 e. The van der Waals surface area contributed by atoms with E-state index in [1.165, 1.54) is 32.4 Å². The van der Waals surface area contributed by atoms with Crippen molar-refractivity contribution < 1.29 is 9.53 Å². The molecule has 1 aromatic rings. The lowest BCUT2D eigenvalue weighted by Gasteiger charge is -2.27. The number of Topliss-reactive ketones (excluding diaryl/α,β-unsaturated/α-hetero) is 1. The summed E-state index contributed by atoms with van der Waals surface area (Å²) in [6.07, 6.45) is 3.96. The molecule has 2 rings (SSSR count). The van der Waals surface area contributed by atoms with Crippen molar-refractivity contribution in [2.24, 2.45) is 5.41 Å². The summed E-state index contributed by atoms with van der Waals surface area (Å²) in [5.74, 6) is 0.161. The van der Waals surface area contributed by atoms with Gasteiger partial charge in [-0.1, -0.05) is 44.0 Å². The highest BCUT2D eigenvalue weighted by atomic mass is 16.5. The van der Waals surface area contributed by atoms with E-state index in [9.17, 15) is 4.79 Å². The van der Waals surface area contributed by atoms with Gasteiger partial charge in [-0.25, -0.2) is 0 Å². The summed E-state index contributed by atoms with van der Waals surface area (Å²) < 4.78 is 5.81. The van der Waals surface area contributed by atoms with E-state index >= 15 is 0 Å². The van der Waals surface area contributed by atoms with E-state index < -0.39 is 5.41 Å². The van der Waals surface area contributed by atoms with Crippen LogP contribution in [-0.2, 0) is 4.74 Å². The van der Waals surface area contributed by atoms with Gasteiger partial charge in [0.1, 0.15) is 0 Å². The summed E-state index contributed by atoms with van der Waals surface area (Å²) in [6, 6.07) is 7.80. The fourth-order valence-electron chi connectivity index (χ4n) is 2.95. The molecule has 0 unspecified atom stereocenters. The summed E-state index contributed by atoms with van der Waals surface area (Å²) in [5.41, 5.74) is 1.42. The second-order valence-electron chi connectivity index (χ2n) is 7.04. The number of carbonyl (C=O) groups excluding carboxylic acids is 1. The van der Waals surface area contributed by atoms with Crippen LogP contribution in [0.1, 0.15) is 49.0 Å². The van der Waals surface area contributed by atoms with Gasteiger partial charge in [0.15, 0.2) is 5.78 Å². The molecule has 0 N–H and O–H groups in total. The second kappa shape index (κ2) is 7.89. The predicted octanol–water partition coefficient (Wildman–Crippen LogP) is 3.71. The average Bonchev–Trinajstić information content (AvgIpc) is 2.52. The topological polar surface area (TPSA) is 29.5 Å². The number of hydrogen-bond acceptors (Lipinski definition) is 3. The molecule has 0 spiro atoms. The molecule has 0 radical (unpaired) electrons. The molecule has 0 amide bonds. The molecule has 22 heavy (non-hydrogen) atoms. The lowest BCUT2D eigenvalue weighted by Crippen LogP contribution is -2.35. The third-order valence-corrected chi connectivity index (χ3v) is 4.36. The maximum atomic E-state index is 12.6. The zero-order valence-corrected chi connectivity index (χ0v) is 14.2. The Kier molecular flexibility index (Phi) is 6.16. The lowest BCUT2D eigenvalue weighted by molar-refractivity contribution is 0.0385. The first-order valence-corrected chi connectivity index (χ1v) is 8.41. The van der Waals surface area contributed by atoms with Gasteiger partial charge in [-0.3, -0.25) is 4.79 Å². The predicted molar refractivity (Wildman–Crippen MR) is 90.4 cm³/mol. The SMILES string of the molecule is Cc1cccc(C(=O)C(C)(C)COCCN2CCCCC2)c1. The molecule has 0 bridgehead atoms. The molecule has 3 nitrogen and oxygen atoms in total. The molecule has 1 aliphatic rings. The summed E-state index contributed by atoms with van der Waals surface area (Å²) in [4.78, 5) is 15.1. The minimum absolute atomic E-state index is 0.161. The molecule has 1 fully saturated rings. The van der Waals surface area contributed by atoms with Crippen molar-refractivity contribution in [1.82, 2.24) is 4.90 Å². The van der Waals surface area contributed by atoms with Crippen LogP contribution in [0.15, 0.2) is 24.3 Å². The largest absolute Gasteiger partial charge is 0.379 e. The number of ketones is 1. The number of piperidine rings is 1. The number of benzene rings is 1. The van der Waals surface area contributed by atoms with Gasteiger partial charge in [0.25, 0.3) is 0 Å². The first-order valence-electron chi connectivity index (χ1n) is 8.41. The molecule has 0 aliphatic carbocycles. The number of aryl methyl sites for hydroxylation is 1. The highest BCUT2D eigenvalue weighted by molar-refractivity contribution is 6.00. The van der Waals surface area contributed by atoms with Gasteiger partial charge in [0.05, 0.1) is 18.6 Å². The van der Waals surface area contributed by atoms with Crippen LogP contribution < -0.4 is 0 Å². The van der Waals surface area contributed by atoms with Gasteiger partial charge in [0.2, 0.25) is 0 Å². The van der Waals surface area contributed by atoms with Crippen LogP contribution in [-0.4, -0.2) is 43.5 Å². The van der Waals surface area contributed by atoms with Crippen LogP contribution in [0.3, 0.4) is 0 Å². The molecule has 1 saturated heterocycles. The van der Waals surface area contributed by atoms with Crippen LogP contribution >= 0.6 is 0 Å². The molecule has 122 valence electrons. The highest BCUT2D eigenvalue weighted by Gasteiger charge is 2.29. The quantitative estimate of drug-likeness (QED) is 0.568. The van der Waals surface area contributed by atoms with E-state index in [1.807, 2.05) is 45.0 Å². The molecule has 1 aliphatic heterocycles. The molecule has 3 heteroatoms. The smallest absolute Gasteiger partial charge is 0.170 e. The molecular formula is C19H29NO2. The third-order valence-electron chi connectivity index (χ3n) is 4.36. The van der Waals surface area contributed by atoms with Gasteiger partial charge in [0, 0.05) is 12.1 Å². The molecular weight excluding hydrogens is 274 g/mol. The Labute approximate surface area is 134 Å². The summed E-state index contributed by atoms with van der Waals surface area (Å²) in [5, 5.41) is 0. The Morgan fingerprint density at radius 3 is 2.64 bits per heavy atom. The van der Waals surface area contributed by atoms with E-state index in [0.717, 1.165) is 17.7 Å². The number of rotatable bonds is 7. The van der Waals surface area contributed by atoms with Crippen molar-refractivity contribution in [2.45, 2.75) is 40.0 Å². The number of likely N-dealkylation sites (tertiary alicyclic amines) is 1. The zero-order valence-electron chi connectivity index (χ0n) is 14.2. The first kappa shape index (κ1) is 17.2. The Morgan fingerprint density at radius 1 is 1.23 bits per heavy atom. The number of hydrogen-bond donors (Lipinski definition) is 0. The van der Waals surface area contributed by atoms with E-state index in [1.54, 1.807) is 0 Å². The van der Waals surface area contributed by atoms with Crippen molar-refractivity contribution >= 4 is 5.78 Å². The first-order chi connectivity index (χ1) is 10.5. The number of carbonyl (C=O) groups is 1. The Bertz CT molecular complexity index is 490. The van der Waals surface area contributed by atoms with Crippen LogP contribution in [0.4, 0.5) is 0 Å². The van der Waals surface area contributed by atoms with E-state index in [4.69, 9.17) is 4.74 Å². The fourth-order valence-corrected chi connectivity index (χ4v) is 2.95. The van der Waals surface area contributed by atoms with E-state index in [0.29, 0.717) is 13.2 Å². The van der Waals surface area contributed by atoms with Gasteiger partial charge in [-0.15, -0.1) is 0 Å². The van der Waals surface area contributed by atoms with Crippen molar-refractivity contribution in [3.8, 4) is 0 Å². The Morgan fingerprint density at radius 2 is 1.95 bits per heavy atom. The fraction of sp³-hybridized carbons (Fsp3) is 0.632. The Hall–Kier alpha value is -1.19. The van der Waals surface area contributed by atoms with Crippen molar-refractivity contribution in [2.75, 3.05) is 32.8 Å².